The van der Waals surface area contributed by atoms with Crippen molar-refractivity contribution < 1.29 is 0 Å². The SMILES string of the molecule is CC(CN)CC(C)(C)CN1CCN(CCNCN)CC1. The summed E-state index contributed by atoms with van der Waals surface area (Å²) in [5.74, 6) is 0.619. The molecule has 0 bridgehead atoms. The van der Waals surface area contributed by atoms with Crippen molar-refractivity contribution >= 4 is 0 Å². The van der Waals surface area contributed by atoms with Crippen molar-refractivity contribution in [2.24, 2.45) is 22.8 Å². The maximum atomic E-state index is 5.75. The van der Waals surface area contributed by atoms with Crippen LogP contribution in [-0.2, 0) is 0 Å². The molecule has 120 valence electrons. The lowest BCUT2D eigenvalue weighted by Crippen LogP contribution is -2.50. The van der Waals surface area contributed by atoms with E-state index in [0.29, 0.717) is 18.0 Å². The molecular weight excluding hydrogens is 250 g/mol. The molecule has 1 unspecified atom stereocenters. The topological polar surface area (TPSA) is 70.5 Å². The number of nitrogens with zero attached hydrogens (tertiary/aromatic N) is 2. The van der Waals surface area contributed by atoms with Crippen molar-refractivity contribution in [1.82, 2.24) is 15.1 Å². The second-order valence-electron chi connectivity index (χ2n) is 7.03. The van der Waals surface area contributed by atoms with Crippen molar-refractivity contribution in [1.29, 1.82) is 0 Å². The molecule has 1 rings (SSSR count). The van der Waals surface area contributed by atoms with Gasteiger partial charge in [0.15, 0.2) is 0 Å². The second-order valence-corrected chi connectivity index (χ2v) is 7.03. The molecule has 20 heavy (non-hydrogen) atoms. The van der Waals surface area contributed by atoms with Gasteiger partial charge in [-0.1, -0.05) is 20.8 Å². The van der Waals surface area contributed by atoms with Crippen LogP contribution in [0, 0.1) is 11.3 Å². The Morgan fingerprint density at radius 3 is 2.25 bits per heavy atom. The largest absolute Gasteiger partial charge is 0.330 e. The summed E-state index contributed by atoms with van der Waals surface area (Å²) in [5.41, 5.74) is 11.6. The minimum Gasteiger partial charge on any atom is -0.330 e. The lowest BCUT2D eigenvalue weighted by Gasteiger charge is -2.39. The normalized spacial score (nSPS) is 20.2. The molecule has 0 aromatic rings. The van der Waals surface area contributed by atoms with Crippen molar-refractivity contribution in [3.63, 3.8) is 0 Å². The molecule has 1 fully saturated rings. The van der Waals surface area contributed by atoms with Crippen LogP contribution < -0.4 is 16.8 Å². The average molecular weight is 285 g/mol. The van der Waals surface area contributed by atoms with Gasteiger partial charge in [-0.25, -0.2) is 0 Å². The molecule has 1 heterocycles. The maximum Gasteiger partial charge on any atom is 0.0429 e. The monoisotopic (exact) mass is 285 g/mol. The van der Waals surface area contributed by atoms with Gasteiger partial charge in [0.1, 0.15) is 0 Å². The highest BCUT2D eigenvalue weighted by atomic mass is 15.3. The third kappa shape index (κ3) is 6.99. The Morgan fingerprint density at radius 2 is 1.70 bits per heavy atom. The molecule has 0 aliphatic carbocycles. The molecule has 1 aliphatic heterocycles. The molecule has 0 amide bonds. The molecule has 0 saturated carbocycles. The molecule has 5 nitrogen and oxygen atoms in total. The lowest BCUT2D eigenvalue weighted by atomic mass is 9.82. The molecule has 0 aromatic heterocycles. The van der Waals surface area contributed by atoms with Crippen molar-refractivity contribution in [3.05, 3.63) is 0 Å². The first-order valence-electron chi connectivity index (χ1n) is 8.02. The average Bonchev–Trinajstić information content (AvgIpc) is 2.40. The van der Waals surface area contributed by atoms with Gasteiger partial charge in [0.2, 0.25) is 0 Å². The fraction of sp³-hybridized carbons (Fsp3) is 1.00. The standard InChI is InChI=1S/C15H35N5/c1-14(11-16)10-15(2,3)12-20-8-6-19(7-9-20)5-4-18-13-17/h14,18H,4-13,16-17H2,1-3H3. The van der Waals surface area contributed by atoms with E-state index in [-0.39, 0.29) is 0 Å². The summed E-state index contributed by atoms with van der Waals surface area (Å²) in [6.07, 6.45) is 1.21. The number of hydrogen-bond donors (Lipinski definition) is 3. The predicted molar refractivity (Wildman–Crippen MR) is 86.6 cm³/mol. The highest BCUT2D eigenvalue weighted by Crippen LogP contribution is 2.26. The Bertz CT molecular complexity index is 249. The van der Waals surface area contributed by atoms with Gasteiger partial charge in [0.05, 0.1) is 0 Å². The number of piperazine rings is 1. The Labute approximate surface area is 125 Å². The minimum atomic E-state index is 0.363. The summed E-state index contributed by atoms with van der Waals surface area (Å²) in [4.78, 5) is 5.13. The summed E-state index contributed by atoms with van der Waals surface area (Å²) in [6.45, 7) is 16.4. The molecule has 5 N–H and O–H groups in total. The Kier molecular flexibility index (Phi) is 7.99. The van der Waals surface area contributed by atoms with Gasteiger partial charge in [0, 0.05) is 52.5 Å². The summed E-state index contributed by atoms with van der Waals surface area (Å²) in [7, 11) is 0. The van der Waals surface area contributed by atoms with Crippen molar-refractivity contribution in [2.45, 2.75) is 27.2 Å². The van der Waals surface area contributed by atoms with E-state index in [2.05, 4.69) is 35.9 Å². The fourth-order valence-electron chi connectivity index (χ4n) is 3.21. The van der Waals surface area contributed by atoms with Gasteiger partial charge in [0.25, 0.3) is 0 Å². The Hall–Kier alpha value is -0.200. The number of hydrogen-bond acceptors (Lipinski definition) is 5. The summed E-state index contributed by atoms with van der Waals surface area (Å²) >= 11 is 0. The van der Waals surface area contributed by atoms with Crippen LogP contribution in [0.3, 0.4) is 0 Å². The minimum absolute atomic E-state index is 0.363. The van der Waals surface area contributed by atoms with Crippen LogP contribution in [0.5, 0.6) is 0 Å². The van der Waals surface area contributed by atoms with Crippen LogP contribution in [0.15, 0.2) is 0 Å². The van der Waals surface area contributed by atoms with Crippen molar-refractivity contribution in [2.75, 3.05) is 59.0 Å². The predicted octanol–water partition coefficient (Wildman–Crippen LogP) is 0.121. The van der Waals surface area contributed by atoms with Gasteiger partial charge in [-0.3, -0.25) is 4.90 Å². The first-order valence-corrected chi connectivity index (χ1v) is 8.02. The van der Waals surface area contributed by atoms with Crippen LogP contribution in [0.4, 0.5) is 0 Å². The zero-order chi connectivity index (χ0) is 15.0. The van der Waals surface area contributed by atoms with E-state index in [0.717, 1.165) is 19.6 Å². The molecule has 1 aliphatic rings. The van der Waals surface area contributed by atoms with E-state index in [1.165, 1.54) is 39.1 Å². The zero-order valence-electron chi connectivity index (χ0n) is 13.7. The van der Waals surface area contributed by atoms with E-state index >= 15 is 0 Å². The van der Waals surface area contributed by atoms with Crippen LogP contribution in [0.2, 0.25) is 0 Å². The second kappa shape index (κ2) is 8.95. The van der Waals surface area contributed by atoms with Crippen molar-refractivity contribution in [3.8, 4) is 0 Å². The van der Waals surface area contributed by atoms with E-state index in [4.69, 9.17) is 11.5 Å². The Morgan fingerprint density at radius 1 is 1.10 bits per heavy atom. The third-order valence-corrected chi connectivity index (χ3v) is 4.17. The number of nitrogens with two attached hydrogens (primary N) is 2. The Balaban J connectivity index is 2.24. The first-order chi connectivity index (χ1) is 9.46. The van der Waals surface area contributed by atoms with Gasteiger partial charge < -0.3 is 21.7 Å². The third-order valence-electron chi connectivity index (χ3n) is 4.17. The number of rotatable bonds is 9. The molecular formula is C15H35N5. The molecule has 0 spiro atoms. The van der Waals surface area contributed by atoms with E-state index in [1.807, 2.05) is 0 Å². The zero-order valence-corrected chi connectivity index (χ0v) is 13.7. The quantitative estimate of drug-likeness (QED) is 0.415. The van der Waals surface area contributed by atoms with Gasteiger partial charge in [-0.15, -0.1) is 0 Å². The lowest BCUT2D eigenvalue weighted by molar-refractivity contribution is 0.0885. The first kappa shape index (κ1) is 17.9. The molecule has 5 heteroatoms. The van der Waals surface area contributed by atoms with Crippen LogP contribution in [-0.4, -0.2) is 68.8 Å². The maximum absolute atomic E-state index is 5.75. The number of nitrogens with one attached hydrogen (secondary N) is 1. The highest BCUT2D eigenvalue weighted by Gasteiger charge is 2.26. The van der Waals surface area contributed by atoms with Crippen LogP contribution >= 0.6 is 0 Å². The molecule has 0 aromatic carbocycles. The fourth-order valence-corrected chi connectivity index (χ4v) is 3.21. The molecule has 0 radical (unpaired) electrons. The van der Waals surface area contributed by atoms with Gasteiger partial charge in [-0.2, -0.15) is 0 Å². The summed E-state index contributed by atoms with van der Waals surface area (Å²) in [5, 5.41) is 3.18. The highest BCUT2D eigenvalue weighted by molar-refractivity contribution is 4.80. The van der Waals surface area contributed by atoms with Gasteiger partial charge >= 0.3 is 0 Å². The van der Waals surface area contributed by atoms with E-state index in [9.17, 15) is 0 Å². The van der Waals surface area contributed by atoms with Gasteiger partial charge in [-0.05, 0) is 24.3 Å². The van der Waals surface area contributed by atoms with E-state index in [1.54, 1.807) is 0 Å². The van der Waals surface area contributed by atoms with E-state index < -0.39 is 0 Å². The van der Waals surface area contributed by atoms with Crippen LogP contribution in [0.1, 0.15) is 27.2 Å². The smallest absolute Gasteiger partial charge is 0.0429 e. The summed E-state index contributed by atoms with van der Waals surface area (Å²) in [6, 6.07) is 0. The molecule has 1 atom stereocenters. The summed E-state index contributed by atoms with van der Waals surface area (Å²) < 4.78 is 0. The molecule has 1 saturated heterocycles. The van der Waals surface area contributed by atoms with Crippen LogP contribution in [0.25, 0.3) is 0 Å².